The van der Waals surface area contributed by atoms with Crippen molar-refractivity contribution in [1.82, 2.24) is 9.78 Å². The summed E-state index contributed by atoms with van der Waals surface area (Å²) in [4.78, 5) is 11.7. The zero-order valence-corrected chi connectivity index (χ0v) is 9.26. The number of rotatable bonds is 3. The Morgan fingerprint density at radius 1 is 1.62 bits per heavy atom. The first kappa shape index (κ1) is 10.7. The minimum atomic E-state index is -0.735. The number of aromatic nitrogens is 2. The normalized spacial score (nSPS) is 23.6. The fraction of sp³-hybridized carbons (Fsp3) is 0.333. The number of hydrogen-bond acceptors (Lipinski definition) is 2. The lowest BCUT2D eigenvalue weighted by atomic mass is 9.78. The zero-order chi connectivity index (χ0) is 11.6. The average Bonchev–Trinajstić information content (AvgIpc) is 2.78. The zero-order valence-electron chi connectivity index (χ0n) is 9.26. The maximum absolute atomic E-state index is 11.7. The second-order valence-electron chi connectivity index (χ2n) is 3.86. The largest absolute Gasteiger partial charge is 0.369 e. The second kappa shape index (κ2) is 3.96. The van der Waals surface area contributed by atoms with Gasteiger partial charge in [-0.3, -0.25) is 9.48 Å². The van der Waals surface area contributed by atoms with E-state index < -0.39 is 5.41 Å². The molecule has 1 unspecified atom stereocenters. The summed E-state index contributed by atoms with van der Waals surface area (Å²) in [5, 5.41) is 4.19. The molecule has 1 atom stereocenters. The molecule has 0 fully saturated rings. The van der Waals surface area contributed by atoms with Crippen molar-refractivity contribution in [3.63, 3.8) is 0 Å². The maximum atomic E-state index is 11.7. The minimum Gasteiger partial charge on any atom is -0.369 e. The molecule has 84 valence electrons. The summed E-state index contributed by atoms with van der Waals surface area (Å²) in [7, 11) is 0. The molecule has 1 aliphatic carbocycles. The molecular formula is C12H15N3O. The molecule has 1 aliphatic rings. The second-order valence-corrected chi connectivity index (χ2v) is 3.86. The van der Waals surface area contributed by atoms with Gasteiger partial charge in [0.2, 0.25) is 5.91 Å². The van der Waals surface area contributed by atoms with E-state index in [0.29, 0.717) is 6.42 Å². The van der Waals surface area contributed by atoms with Crippen LogP contribution in [0.5, 0.6) is 0 Å². The molecule has 0 bridgehead atoms. The van der Waals surface area contributed by atoms with E-state index in [-0.39, 0.29) is 5.91 Å². The van der Waals surface area contributed by atoms with Gasteiger partial charge in [0.05, 0.1) is 5.69 Å². The van der Waals surface area contributed by atoms with Gasteiger partial charge in [-0.15, -0.1) is 0 Å². The van der Waals surface area contributed by atoms with Crippen LogP contribution >= 0.6 is 0 Å². The number of carbonyl (C=O) groups is 1. The topological polar surface area (TPSA) is 60.9 Å². The Kier molecular flexibility index (Phi) is 2.64. The molecule has 1 heterocycles. The molecule has 2 rings (SSSR count). The molecule has 0 saturated carbocycles. The van der Waals surface area contributed by atoms with Crippen molar-refractivity contribution < 1.29 is 4.79 Å². The average molecular weight is 217 g/mol. The van der Waals surface area contributed by atoms with Crippen LogP contribution in [0.1, 0.15) is 19.0 Å². The Hall–Kier alpha value is -1.84. The van der Waals surface area contributed by atoms with Gasteiger partial charge >= 0.3 is 0 Å². The van der Waals surface area contributed by atoms with E-state index in [2.05, 4.69) is 5.10 Å². The van der Waals surface area contributed by atoms with Crippen LogP contribution in [0, 0.1) is 0 Å². The maximum Gasteiger partial charge on any atom is 0.233 e. The standard InChI is InChI=1S/C12H15N3O/c1-2-15-10(6-9-14-15)12(11(13)16)7-4-3-5-8-12/h3-7,9H,2,8H2,1H3,(H2,13,16). The molecule has 1 aromatic heterocycles. The summed E-state index contributed by atoms with van der Waals surface area (Å²) in [6.07, 6.45) is 9.91. The molecule has 16 heavy (non-hydrogen) atoms. The first-order valence-corrected chi connectivity index (χ1v) is 5.37. The van der Waals surface area contributed by atoms with Gasteiger partial charge in [-0.2, -0.15) is 5.10 Å². The van der Waals surface area contributed by atoms with E-state index >= 15 is 0 Å². The van der Waals surface area contributed by atoms with Crippen LogP contribution in [-0.4, -0.2) is 15.7 Å². The minimum absolute atomic E-state index is 0.330. The highest BCUT2D eigenvalue weighted by atomic mass is 16.1. The number of carbonyl (C=O) groups excluding carboxylic acids is 1. The van der Waals surface area contributed by atoms with Crippen molar-refractivity contribution in [2.75, 3.05) is 0 Å². The number of allylic oxidation sites excluding steroid dienone is 3. The fourth-order valence-electron chi connectivity index (χ4n) is 2.08. The van der Waals surface area contributed by atoms with Gasteiger partial charge in [-0.05, 0) is 19.4 Å². The highest BCUT2D eigenvalue weighted by molar-refractivity contribution is 5.89. The molecule has 0 spiro atoms. The van der Waals surface area contributed by atoms with Crippen molar-refractivity contribution >= 4 is 5.91 Å². The van der Waals surface area contributed by atoms with Gasteiger partial charge in [0.1, 0.15) is 5.41 Å². The fourth-order valence-corrected chi connectivity index (χ4v) is 2.08. The molecule has 0 aliphatic heterocycles. The summed E-state index contributed by atoms with van der Waals surface area (Å²) in [6, 6.07) is 1.86. The Morgan fingerprint density at radius 2 is 2.44 bits per heavy atom. The van der Waals surface area contributed by atoms with Crippen LogP contribution in [0.2, 0.25) is 0 Å². The molecule has 0 saturated heterocycles. The third-order valence-corrected chi connectivity index (χ3v) is 2.98. The summed E-state index contributed by atoms with van der Waals surface area (Å²) in [5.41, 5.74) is 5.68. The summed E-state index contributed by atoms with van der Waals surface area (Å²) < 4.78 is 1.81. The smallest absolute Gasteiger partial charge is 0.233 e. The van der Waals surface area contributed by atoms with E-state index in [1.807, 2.05) is 42.0 Å². The van der Waals surface area contributed by atoms with Gasteiger partial charge in [0.15, 0.2) is 0 Å². The van der Waals surface area contributed by atoms with Crippen LogP contribution in [0.15, 0.2) is 36.6 Å². The highest BCUT2D eigenvalue weighted by Gasteiger charge is 2.38. The number of amides is 1. The lowest BCUT2D eigenvalue weighted by molar-refractivity contribution is -0.122. The predicted octanol–water partition coefficient (Wildman–Crippen LogP) is 1.14. The number of nitrogens with zero attached hydrogens (tertiary/aromatic N) is 2. The monoisotopic (exact) mass is 217 g/mol. The van der Waals surface area contributed by atoms with Crippen LogP contribution in [0.3, 0.4) is 0 Å². The van der Waals surface area contributed by atoms with Gasteiger partial charge in [0.25, 0.3) is 0 Å². The first-order valence-electron chi connectivity index (χ1n) is 5.37. The predicted molar refractivity (Wildman–Crippen MR) is 61.7 cm³/mol. The quantitative estimate of drug-likeness (QED) is 0.825. The van der Waals surface area contributed by atoms with E-state index in [4.69, 9.17) is 5.73 Å². The van der Waals surface area contributed by atoms with Gasteiger partial charge in [0, 0.05) is 12.7 Å². The van der Waals surface area contributed by atoms with Crippen molar-refractivity contribution in [1.29, 1.82) is 0 Å². The third-order valence-electron chi connectivity index (χ3n) is 2.98. The number of primary amides is 1. The summed E-state index contributed by atoms with van der Waals surface area (Å²) in [5.74, 6) is -0.330. The molecule has 4 heteroatoms. The summed E-state index contributed by atoms with van der Waals surface area (Å²) in [6.45, 7) is 2.72. The summed E-state index contributed by atoms with van der Waals surface area (Å²) >= 11 is 0. The van der Waals surface area contributed by atoms with Crippen molar-refractivity contribution in [3.8, 4) is 0 Å². The Labute approximate surface area is 94.4 Å². The Bertz CT molecular complexity index is 459. The molecule has 2 N–H and O–H groups in total. The van der Waals surface area contributed by atoms with E-state index in [1.54, 1.807) is 6.20 Å². The number of hydrogen-bond donors (Lipinski definition) is 1. The number of nitrogens with two attached hydrogens (primary N) is 1. The molecule has 1 amide bonds. The molecule has 4 nitrogen and oxygen atoms in total. The molecule has 1 aromatic rings. The SMILES string of the molecule is CCn1nccc1C1(C(N)=O)C=CC=CC1. The molecular weight excluding hydrogens is 202 g/mol. The third kappa shape index (κ3) is 1.46. The molecule has 0 radical (unpaired) electrons. The lowest BCUT2D eigenvalue weighted by Crippen LogP contribution is -2.41. The van der Waals surface area contributed by atoms with Crippen molar-refractivity contribution in [2.45, 2.75) is 25.3 Å². The van der Waals surface area contributed by atoms with Crippen molar-refractivity contribution in [2.24, 2.45) is 5.73 Å². The van der Waals surface area contributed by atoms with Crippen LogP contribution in [-0.2, 0) is 16.8 Å². The van der Waals surface area contributed by atoms with E-state index in [9.17, 15) is 4.79 Å². The first-order chi connectivity index (χ1) is 7.70. The van der Waals surface area contributed by atoms with Crippen LogP contribution in [0.25, 0.3) is 0 Å². The lowest BCUT2D eigenvalue weighted by Gasteiger charge is -2.28. The van der Waals surface area contributed by atoms with Crippen LogP contribution in [0.4, 0.5) is 0 Å². The van der Waals surface area contributed by atoms with Crippen LogP contribution < -0.4 is 5.73 Å². The Balaban J connectivity index is 2.52. The van der Waals surface area contributed by atoms with E-state index in [1.165, 1.54) is 0 Å². The molecule has 0 aromatic carbocycles. The van der Waals surface area contributed by atoms with Gasteiger partial charge in [-0.25, -0.2) is 0 Å². The number of aryl methyl sites for hydroxylation is 1. The van der Waals surface area contributed by atoms with Crippen molar-refractivity contribution in [3.05, 3.63) is 42.3 Å². The Morgan fingerprint density at radius 3 is 3.00 bits per heavy atom. The van der Waals surface area contributed by atoms with E-state index in [0.717, 1.165) is 12.2 Å². The highest BCUT2D eigenvalue weighted by Crippen LogP contribution is 2.32. The van der Waals surface area contributed by atoms with Gasteiger partial charge in [-0.1, -0.05) is 24.3 Å². The van der Waals surface area contributed by atoms with Gasteiger partial charge < -0.3 is 5.73 Å².